The summed E-state index contributed by atoms with van der Waals surface area (Å²) in [6.45, 7) is 7.37. The van der Waals surface area contributed by atoms with Crippen molar-refractivity contribution in [2.45, 2.75) is 58.0 Å². The van der Waals surface area contributed by atoms with Crippen molar-refractivity contribution in [3.8, 4) is 5.75 Å². The van der Waals surface area contributed by atoms with Gasteiger partial charge in [-0.3, -0.25) is 10.6 Å². The Morgan fingerprint density at radius 1 is 1.18 bits per heavy atom. The average molecular weight is 386 g/mol. The number of anilines is 1. The molecule has 3 unspecified atom stereocenters. The van der Waals surface area contributed by atoms with E-state index < -0.39 is 0 Å². The Balaban J connectivity index is 1.58. The Bertz CT molecular complexity index is 717. The van der Waals surface area contributed by atoms with Crippen LogP contribution in [0.4, 0.5) is 5.69 Å². The fourth-order valence-electron chi connectivity index (χ4n) is 4.45. The molecule has 1 aromatic rings. The van der Waals surface area contributed by atoms with E-state index in [0.29, 0.717) is 18.1 Å². The van der Waals surface area contributed by atoms with E-state index in [9.17, 15) is 0 Å². The molecule has 5 N–H and O–H groups in total. The summed E-state index contributed by atoms with van der Waals surface area (Å²) in [5.74, 6) is 1.69. The maximum absolute atomic E-state index is 6.02. The minimum absolute atomic E-state index is 0.0385. The van der Waals surface area contributed by atoms with Crippen LogP contribution in [0.15, 0.2) is 18.2 Å². The van der Waals surface area contributed by atoms with Crippen LogP contribution in [-0.4, -0.2) is 45.2 Å². The van der Waals surface area contributed by atoms with Gasteiger partial charge in [0.15, 0.2) is 0 Å². The molecule has 1 aromatic carbocycles. The van der Waals surface area contributed by atoms with Crippen LogP contribution < -0.4 is 31.3 Å². The topological polar surface area (TPSA) is 69.4 Å². The molecule has 154 valence electrons. The first kappa shape index (κ1) is 19.7. The third-order valence-electron chi connectivity index (χ3n) is 6.12. The summed E-state index contributed by atoms with van der Waals surface area (Å²) in [6.07, 6.45) is 7.01. The van der Waals surface area contributed by atoms with E-state index in [-0.39, 0.29) is 6.29 Å². The van der Waals surface area contributed by atoms with Gasteiger partial charge in [0, 0.05) is 35.8 Å². The summed E-state index contributed by atoms with van der Waals surface area (Å²) in [5.41, 5.74) is 5.15. The van der Waals surface area contributed by atoms with E-state index >= 15 is 0 Å². The van der Waals surface area contributed by atoms with Crippen LogP contribution in [0, 0.1) is 5.92 Å². The molecule has 4 rings (SSSR count). The monoisotopic (exact) mass is 385 g/mol. The first-order valence-electron chi connectivity index (χ1n) is 10.8. The zero-order valence-corrected chi connectivity index (χ0v) is 17.4. The van der Waals surface area contributed by atoms with Crippen molar-refractivity contribution in [3.05, 3.63) is 29.3 Å². The molecule has 0 bridgehead atoms. The summed E-state index contributed by atoms with van der Waals surface area (Å²) >= 11 is 0. The molecule has 0 amide bonds. The predicted molar refractivity (Wildman–Crippen MR) is 115 cm³/mol. The maximum Gasteiger partial charge on any atom is 0.133 e. The normalized spacial score (nSPS) is 27.7. The van der Waals surface area contributed by atoms with Crippen LogP contribution >= 0.6 is 0 Å². The van der Waals surface area contributed by atoms with E-state index in [1.807, 2.05) is 7.05 Å². The summed E-state index contributed by atoms with van der Waals surface area (Å²) in [7, 11) is 2.02. The fraction of sp³-hybridized carbons (Fsp3) is 0.636. The van der Waals surface area contributed by atoms with Crippen LogP contribution in [0.1, 0.15) is 44.2 Å². The van der Waals surface area contributed by atoms with Gasteiger partial charge in [-0.1, -0.05) is 19.9 Å². The third-order valence-corrected chi connectivity index (χ3v) is 6.12. The van der Waals surface area contributed by atoms with Gasteiger partial charge in [0.2, 0.25) is 0 Å². The highest BCUT2D eigenvalue weighted by Crippen LogP contribution is 2.38. The largest absolute Gasteiger partial charge is 0.492 e. The Morgan fingerprint density at radius 2 is 2.07 bits per heavy atom. The predicted octanol–water partition coefficient (Wildman–Crippen LogP) is 2.24. The summed E-state index contributed by atoms with van der Waals surface area (Å²) in [5, 5.41) is 17.9. The second kappa shape index (κ2) is 8.82. The number of hydrogen-bond donors (Lipinski definition) is 5. The van der Waals surface area contributed by atoms with Gasteiger partial charge >= 0.3 is 0 Å². The number of benzene rings is 1. The molecule has 6 heteroatoms. The molecule has 0 aliphatic carbocycles. The second-order valence-electron chi connectivity index (χ2n) is 8.49. The van der Waals surface area contributed by atoms with Crippen LogP contribution in [0.2, 0.25) is 0 Å². The molecular formula is C22H35N5O. The minimum Gasteiger partial charge on any atom is -0.492 e. The molecule has 1 saturated heterocycles. The quantitative estimate of drug-likeness (QED) is 0.536. The summed E-state index contributed by atoms with van der Waals surface area (Å²) in [4.78, 5) is 0. The van der Waals surface area contributed by atoms with Crippen LogP contribution in [0.3, 0.4) is 0 Å². The molecule has 28 heavy (non-hydrogen) atoms. The van der Waals surface area contributed by atoms with Crippen molar-refractivity contribution in [2.24, 2.45) is 5.92 Å². The molecule has 0 spiro atoms. The number of rotatable bonds is 5. The molecular weight excluding hydrogens is 350 g/mol. The van der Waals surface area contributed by atoms with Gasteiger partial charge in [-0.15, -0.1) is 0 Å². The highest BCUT2D eigenvalue weighted by atomic mass is 16.5. The molecule has 3 atom stereocenters. The van der Waals surface area contributed by atoms with Gasteiger partial charge in [0.1, 0.15) is 12.0 Å². The van der Waals surface area contributed by atoms with Crippen molar-refractivity contribution in [3.63, 3.8) is 0 Å². The highest BCUT2D eigenvalue weighted by Gasteiger charge is 2.29. The molecule has 3 aliphatic rings. The van der Waals surface area contributed by atoms with Gasteiger partial charge < -0.3 is 20.7 Å². The van der Waals surface area contributed by atoms with Crippen molar-refractivity contribution in [1.29, 1.82) is 0 Å². The molecule has 3 aliphatic heterocycles. The van der Waals surface area contributed by atoms with Crippen molar-refractivity contribution in [2.75, 3.05) is 32.1 Å². The van der Waals surface area contributed by atoms with E-state index in [2.05, 4.69) is 58.6 Å². The Morgan fingerprint density at radius 3 is 2.89 bits per heavy atom. The standard InChI is InChI=1S/C22H35N5O/c1-14(2)19-13-20(23-3)27-22(26-19)25-17-11-16-7-10-28-21(16)18(12-17)15-5-4-8-24-9-6-15/h6,11-12,14,19-20,22-27H,4-5,7-10,13H2,1-3H3. The van der Waals surface area contributed by atoms with Crippen molar-refractivity contribution >= 4 is 11.3 Å². The van der Waals surface area contributed by atoms with Crippen LogP contribution in [-0.2, 0) is 6.42 Å². The zero-order chi connectivity index (χ0) is 19.5. The second-order valence-corrected chi connectivity index (χ2v) is 8.49. The molecule has 0 aromatic heterocycles. The van der Waals surface area contributed by atoms with E-state index in [0.717, 1.165) is 50.4 Å². The number of fused-ring (bicyclic) bond motifs is 1. The minimum atomic E-state index is 0.0385. The van der Waals surface area contributed by atoms with Gasteiger partial charge in [0.25, 0.3) is 0 Å². The SMILES string of the molecule is CNC1CC(C(C)C)NC(Nc2cc3c(c(C4=CCNCCC4)c2)OCC3)N1. The molecule has 1 fully saturated rings. The van der Waals surface area contributed by atoms with E-state index in [4.69, 9.17) is 4.74 Å². The lowest BCUT2D eigenvalue weighted by Crippen LogP contribution is -2.65. The molecule has 6 nitrogen and oxygen atoms in total. The van der Waals surface area contributed by atoms with E-state index in [1.165, 1.54) is 23.1 Å². The van der Waals surface area contributed by atoms with Gasteiger partial charge in [-0.2, -0.15) is 0 Å². The lowest BCUT2D eigenvalue weighted by Gasteiger charge is -2.40. The summed E-state index contributed by atoms with van der Waals surface area (Å²) < 4.78 is 6.02. The first-order valence-corrected chi connectivity index (χ1v) is 10.8. The average Bonchev–Trinajstić information content (AvgIpc) is 3.00. The number of hydrogen-bond acceptors (Lipinski definition) is 6. The Labute approximate surface area is 168 Å². The van der Waals surface area contributed by atoms with Gasteiger partial charge in [-0.05, 0) is 56.5 Å². The maximum atomic E-state index is 6.02. The zero-order valence-electron chi connectivity index (χ0n) is 17.4. The van der Waals surface area contributed by atoms with Gasteiger partial charge in [0.05, 0.1) is 12.8 Å². The lowest BCUT2D eigenvalue weighted by atomic mass is 9.96. The molecule has 3 heterocycles. The molecule has 0 saturated carbocycles. The number of allylic oxidation sites excluding steroid dienone is 1. The van der Waals surface area contributed by atoms with Crippen LogP contribution in [0.25, 0.3) is 5.57 Å². The Hall–Kier alpha value is -1.60. The number of ether oxygens (including phenoxy) is 1. The number of nitrogens with one attached hydrogen (secondary N) is 5. The highest BCUT2D eigenvalue weighted by molar-refractivity contribution is 5.76. The smallest absolute Gasteiger partial charge is 0.133 e. The van der Waals surface area contributed by atoms with Gasteiger partial charge in [-0.25, -0.2) is 0 Å². The molecule has 0 radical (unpaired) electrons. The van der Waals surface area contributed by atoms with Crippen molar-refractivity contribution < 1.29 is 4.74 Å². The lowest BCUT2D eigenvalue weighted by molar-refractivity contribution is 0.205. The third kappa shape index (κ3) is 4.35. The summed E-state index contributed by atoms with van der Waals surface area (Å²) in [6, 6.07) is 5.01. The van der Waals surface area contributed by atoms with Crippen molar-refractivity contribution in [1.82, 2.24) is 21.3 Å². The van der Waals surface area contributed by atoms with Crippen LogP contribution in [0.5, 0.6) is 5.75 Å². The van der Waals surface area contributed by atoms with E-state index in [1.54, 1.807) is 0 Å². The first-order chi connectivity index (χ1) is 13.6. The Kier molecular flexibility index (Phi) is 6.21. The fourth-order valence-corrected chi connectivity index (χ4v) is 4.45.